The lowest BCUT2D eigenvalue weighted by atomic mass is 10.3. The molecule has 106 valence electrons. The van der Waals surface area contributed by atoms with Crippen molar-refractivity contribution in [1.82, 2.24) is 9.78 Å². The first kappa shape index (κ1) is 14.8. The summed E-state index contributed by atoms with van der Waals surface area (Å²) in [6, 6.07) is 7.36. The van der Waals surface area contributed by atoms with E-state index in [-0.39, 0.29) is 11.6 Å². The van der Waals surface area contributed by atoms with Crippen molar-refractivity contribution in [1.29, 1.82) is 0 Å². The molecule has 1 aromatic heterocycles. The second kappa shape index (κ2) is 6.21. The lowest BCUT2D eigenvalue weighted by Gasteiger charge is -2.07. The summed E-state index contributed by atoms with van der Waals surface area (Å²) in [6.45, 7) is 4.18. The maximum absolute atomic E-state index is 11.2. The summed E-state index contributed by atoms with van der Waals surface area (Å²) >= 11 is 2.16. The summed E-state index contributed by atoms with van der Waals surface area (Å²) in [6.07, 6.45) is 0.820. The van der Waals surface area contributed by atoms with Crippen molar-refractivity contribution < 1.29 is 9.66 Å². The van der Waals surface area contributed by atoms with Gasteiger partial charge in [0.25, 0.3) is 5.88 Å². The number of aryl methyl sites for hydroxylation is 2. The summed E-state index contributed by atoms with van der Waals surface area (Å²) in [5.74, 6) is 0.758. The van der Waals surface area contributed by atoms with Crippen LogP contribution < -0.4 is 4.74 Å². The predicted octanol–water partition coefficient (Wildman–Crippen LogP) is 3.91. The van der Waals surface area contributed by atoms with Crippen LogP contribution >= 0.6 is 22.6 Å². The van der Waals surface area contributed by atoms with Gasteiger partial charge in [-0.15, -0.1) is 0 Å². The van der Waals surface area contributed by atoms with E-state index in [0.29, 0.717) is 18.0 Å². The van der Waals surface area contributed by atoms with Crippen molar-refractivity contribution in [2.24, 2.45) is 0 Å². The number of nitro groups is 1. The van der Waals surface area contributed by atoms with Crippen LogP contribution in [0.5, 0.6) is 11.6 Å². The Morgan fingerprint density at radius 2 is 2.25 bits per heavy atom. The Bertz CT molecular complexity index is 640. The average Bonchev–Trinajstić information content (AvgIpc) is 2.66. The molecule has 1 heterocycles. The quantitative estimate of drug-likeness (QED) is 0.443. The van der Waals surface area contributed by atoms with Crippen LogP contribution in [0.3, 0.4) is 0 Å². The lowest BCUT2D eigenvalue weighted by Crippen LogP contribution is -2.02. The molecule has 0 aliphatic heterocycles. The van der Waals surface area contributed by atoms with Crippen LogP contribution in [0.25, 0.3) is 0 Å². The highest BCUT2D eigenvalue weighted by molar-refractivity contribution is 14.1. The number of aromatic nitrogens is 2. The predicted molar refractivity (Wildman–Crippen MR) is 83.1 cm³/mol. The van der Waals surface area contributed by atoms with E-state index in [2.05, 4.69) is 27.7 Å². The summed E-state index contributed by atoms with van der Waals surface area (Å²) in [5, 5.41) is 15.4. The van der Waals surface area contributed by atoms with Gasteiger partial charge in [0, 0.05) is 10.1 Å². The van der Waals surface area contributed by atoms with Crippen LogP contribution in [0.1, 0.15) is 19.0 Å². The second-order valence-corrected chi connectivity index (χ2v) is 5.52. The molecule has 2 rings (SSSR count). The van der Waals surface area contributed by atoms with E-state index in [1.165, 1.54) is 0 Å². The molecule has 0 bridgehead atoms. The number of halogens is 1. The van der Waals surface area contributed by atoms with Crippen LogP contribution in [0, 0.1) is 20.6 Å². The van der Waals surface area contributed by atoms with Gasteiger partial charge < -0.3 is 4.74 Å². The van der Waals surface area contributed by atoms with E-state index in [4.69, 9.17) is 4.74 Å². The third-order valence-electron chi connectivity index (χ3n) is 2.68. The van der Waals surface area contributed by atoms with E-state index < -0.39 is 4.92 Å². The molecule has 0 fully saturated rings. The zero-order chi connectivity index (χ0) is 14.7. The minimum Gasteiger partial charge on any atom is -0.434 e. The molecule has 0 unspecified atom stereocenters. The smallest absolute Gasteiger partial charge is 0.353 e. The molecule has 0 spiro atoms. The summed E-state index contributed by atoms with van der Waals surface area (Å²) in [7, 11) is 0. The zero-order valence-corrected chi connectivity index (χ0v) is 13.3. The number of rotatable bonds is 5. The number of benzene rings is 1. The van der Waals surface area contributed by atoms with E-state index in [1.807, 2.05) is 25.1 Å². The standard InChI is InChI=1S/C13H14IN3O3/c1-3-7-16-13(12(17(18)19)9(2)15-16)20-11-6-4-5-10(14)8-11/h4-6,8H,3,7H2,1-2H3. The lowest BCUT2D eigenvalue weighted by molar-refractivity contribution is -0.386. The van der Waals surface area contributed by atoms with E-state index in [9.17, 15) is 10.1 Å². The van der Waals surface area contributed by atoms with Crippen molar-refractivity contribution >= 4 is 28.3 Å². The van der Waals surface area contributed by atoms with Gasteiger partial charge in [0.2, 0.25) is 0 Å². The Morgan fingerprint density at radius 3 is 2.85 bits per heavy atom. The Morgan fingerprint density at radius 1 is 1.50 bits per heavy atom. The molecule has 20 heavy (non-hydrogen) atoms. The highest BCUT2D eigenvalue weighted by atomic mass is 127. The molecular weight excluding hydrogens is 373 g/mol. The molecular formula is C13H14IN3O3. The number of ether oxygens (including phenoxy) is 1. The first-order valence-corrected chi connectivity index (χ1v) is 7.26. The number of hydrogen-bond acceptors (Lipinski definition) is 4. The second-order valence-electron chi connectivity index (χ2n) is 4.28. The Hall–Kier alpha value is -1.64. The molecule has 0 saturated carbocycles. The summed E-state index contributed by atoms with van der Waals surface area (Å²) in [4.78, 5) is 10.7. The fourth-order valence-corrected chi connectivity index (χ4v) is 2.38. The van der Waals surface area contributed by atoms with Gasteiger partial charge in [-0.2, -0.15) is 5.10 Å². The van der Waals surface area contributed by atoms with Crippen molar-refractivity contribution in [3.63, 3.8) is 0 Å². The molecule has 0 amide bonds. The van der Waals surface area contributed by atoms with Crippen molar-refractivity contribution in [3.8, 4) is 11.6 Å². The molecule has 1 aromatic carbocycles. The Kier molecular flexibility index (Phi) is 4.58. The molecule has 0 aliphatic carbocycles. The summed E-state index contributed by atoms with van der Waals surface area (Å²) in [5.41, 5.74) is 0.293. The van der Waals surface area contributed by atoms with Crippen LogP contribution in [0.2, 0.25) is 0 Å². The van der Waals surface area contributed by atoms with Gasteiger partial charge in [0.05, 0.1) is 4.92 Å². The van der Waals surface area contributed by atoms with Gasteiger partial charge in [-0.05, 0) is 54.1 Å². The van der Waals surface area contributed by atoms with Crippen LogP contribution in [-0.2, 0) is 6.54 Å². The first-order valence-electron chi connectivity index (χ1n) is 6.18. The minimum absolute atomic E-state index is 0.0719. The maximum atomic E-state index is 11.2. The zero-order valence-electron chi connectivity index (χ0n) is 11.2. The highest BCUT2D eigenvalue weighted by Crippen LogP contribution is 2.34. The topological polar surface area (TPSA) is 70.2 Å². The van der Waals surface area contributed by atoms with E-state index in [1.54, 1.807) is 17.7 Å². The largest absolute Gasteiger partial charge is 0.434 e. The fraction of sp³-hybridized carbons (Fsp3) is 0.308. The number of hydrogen-bond donors (Lipinski definition) is 0. The number of nitrogens with zero attached hydrogens (tertiary/aromatic N) is 3. The van der Waals surface area contributed by atoms with Gasteiger partial charge in [-0.3, -0.25) is 10.1 Å². The Labute approximate surface area is 130 Å². The van der Waals surface area contributed by atoms with Crippen molar-refractivity contribution in [2.45, 2.75) is 26.8 Å². The monoisotopic (exact) mass is 387 g/mol. The van der Waals surface area contributed by atoms with Crippen molar-refractivity contribution in [3.05, 3.63) is 43.6 Å². The normalized spacial score (nSPS) is 10.6. The third kappa shape index (κ3) is 3.09. The molecule has 0 aliphatic rings. The molecule has 7 heteroatoms. The van der Waals surface area contributed by atoms with Gasteiger partial charge in [0.1, 0.15) is 11.4 Å². The van der Waals surface area contributed by atoms with Crippen LogP contribution in [0.4, 0.5) is 5.69 Å². The SMILES string of the molecule is CCCn1nc(C)c([N+](=O)[O-])c1Oc1cccc(I)c1. The van der Waals surface area contributed by atoms with Crippen LogP contribution in [0.15, 0.2) is 24.3 Å². The third-order valence-corrected chi connectivity index (χ3v) is 3.35. The van der Waals surface area contributed by atoms with Gasteiger partial charge in [-0.1, -0.05) is 13.0 Å². The van der Waals surface area contributed by atoms with Gasteiger partial charge >= 0.3 is 5.69 Å². The first-order chi connectivity index (χ1) is 9.52. The van der Waals surface area contributed by atoms with Gasteiger partial charge in [0.15, 0.2) is 0 Å². The molecule has 0 saturated heterocycles. The highest BCUT2D eigenvalue weighted by Gasteiger charge is 2.27. The summed E-state index contributed by atoms with van der Waals surface area (Å²) < 4.78 is 8.26. The fourth-order valence-electron chi connectivity index (χ4n) is 1.87. The van der Waals surface area contributed by atoms with E-state index in [0.717, 1.165) is 9.99 Å². The molecule has 0 radical (unpaired) electrons. The van der Waals surface area contributed by atoms with E-state index >= 15 is 0 Å². The molecule has 2 aromatic rings. The minimum atomic E-state index is -0.447. The maximum Gasteiger partial charge on any atom is 0.353 e. The molecule has 0 atom stereocenters. The average molecular weight is 387 g/mol. The Balaban J connectivity index is 2.45. The van der Waals surface area contributed by atoms with Gasteiger partial charge in [-0.25, -0.2) is 4.68 Å². The molecule has 6 nitrogen and oxygen atoms in total. The van der Waals surface area contributed by atoms with Crippen LogP contribution in [-0.4, -0.2) is 14.7 Å². The molecule has 0 N–H and O–H groups in total. The van der Waals surface area contributed by atoms with Crippen molar-refractivity contribution in [2.75, 3.05) is 0 Å².